The van der Waals surface area contributed by atoms with E-state index in [0.29, 0.717) is 5.69 Å². The number of halogens is 1. The highest BCUT2D eigenvalue weighted by atomic mass is 35.5. The predicted molar refractivity (Wildman–Crippen MR) is 102 cm³/mol. The van der Waals surface area contributed by atoms with Crippen molar-refractivity contribution < 1.29 is 14.7 Å². The normalized spacial score (nSPS) is 10.5. The molecule has 1 amide bonds. The second-order valence-electron chi connectivity index (χ2n) is 5.74. The number of aromatic carboxylic acids is 1. The van der Waals surface area contributed by atoms with Crippen LogP contribution in [0.3, 0.4) is 0 Å². The fourth-order valence-electron chi connectivity index (χ4n) is 2.77. The van der Waals surface area contributed by atoms with E-state index < -0.39 is 11.9 Å². The average molecular weight is 366 g/mol. The highest BCUT2D eigenvalue weighted by Crippen LogP contribution is 2.27. The number of carbonyl (C=O) groups excluding carboxylic acids is 1. The molecule has 0 saturated heterocycles. The summed E-state index contributed by atoms with van der Waals surface area (Å²) in [6, 6.07) is 23.3. The van der Waals surface area contributed by atoms with Crippen molar-refractivity contribution in [3.63, 3.8) is 0 Å². The molecular weight excluding hydrogens is 350 g/mol. The van der Waals surface area contributed by atoms with Gasteiger partial charge in [-0.3, -0.25) is 4.79 Å². The number of rotatable bonds is 5. The van der Waals surface area contributed by atoms with E-state index in [4.69, 9.17) is 11.6 Å². The third-order valence-corrected chi connectivity index (χ3v) is 4.32. The van der Waals surface area contributed by atoms with Crippen molar-refractivity contribution >= 4 is 29.2 Å². The van der Waals surface area contributed by atoms with Gasteiger partial charge in [-0.05, 0) is 29.3 Å². The first-order valence-corrected chi connectivity index (χ1v) is 8.37. The van der Waals surface area contributed by atoms with E-state index in [1.807, 2.05) is 60.7 Å². The van der Waals surface area contributed by atoms with E-state index >= 15 is 0 Å². The quantitative estimate of drug-likeness (QED) is 0.682. The summed E-state index contributed by atoms with van der Waals surface area (Å²) in [5, 5.41) is 12.1. The third-order valence-electron chi connectivity index (χ3n) is 3.99. The fourth-order valence-corrected chi connectivity index (χ4v) is 2.97. The summed E-state index contributed by atoms with van der Waals surface area (Å²) in [6.07, 6.45) is 0. The number of hydrogen-bond acceptors (Lipinski definition) is 2. The maximum Gasteiger partial charge on any atom is 0.337 e. The molecule has 0 aliphatic heterocycles. The van der Waals surface area contributed by atoms with E-state index in [0.717, 1.165) is 11.1 Å². The van der Waals surface area contributed by atoms with Crippen molar-refractivity contribution in [2.45, 2.75) is 5.92 Å². The lowest BCUT2D eigenvalue weighted by Gasteiger charge is -2.18. The molecule has 0 unspecified atom stereocenters. The van der Waals surface area contributed by atoms with E-state index in [9.17, 15) is 14.7 Å². The third kappa shape index (κ3) is 3.92. The maximum absolute atomic E-state index is 13.0. The average Bonchev–Trinajstić information content (AvgIpc) is 2.65. The van der Waals surface area contributed by atoms with Crippen LogP contribution in [0.4, 0.5) is 5.69 Å². The van der Waals surface area contributed by atoms with Gasteiger partial charge in [0.05, 0.1) is 16.5 Å². The molecule has 0 spiro atoms. The summed E-state index contributed by atoms with van der Waals surface area (Å²) in [6.45, 7) is 0. The van der Waals surface area contributed by atoms with Crippen molar-refractivity contribution in [2.24, 2.45) is 0 Å². The van der Waals surface area contributed by atoms with Crippen LogP contribution >= 0.6 is 11.6 Å². The van der Waals surface area contributed by atoms with Crippen molar-refractivity contribution in [3.8, 4) is 0 Å². The van der Waals surface area contributed by atoms with Crippen molar-refractivity contribution in [1.82, 2.24) is 0 Å². The zero-order chi connectivity index (χ0) is 18.5. The van der Waals surface area contributed by atoms with Crippen molar-refractivity contribution in [3.05, 3.63) is 101 Å². The molecule has 3 rings (SSSR count). The minimum atomic E-state index is -1.14. The van der Waals surface area contributed by atoms with Gasteiger partial charge in [-0.15, -0.1) is 0 Å². The van der Waals surface area contributed by atoms with Crippen LogP contribution in [-0.4, -0.2) is 17.0 Å². The summed E-state index contributed by atoms with van der Waals surface area (Å²) >= 11 is 5.89. The summed E-state index contributed by atoms with van der Waals surface area (Å²) in [4.78, 5) is 24.2. The lowest BCUT2D eigenvalue weighted by Crippen LogP contribution is -2.22. The SMILES string of the molecule is O=C(O)c1cc(NC(=O)C(c2ccccc2)c2ccccc2)ccc1Cl. The Balaban J connectivity index is 1.94. The van der Waals surface area contributed by atoms with E-state index in [-0.39, 0.29) is 16.5 Å². The Morgan fingerprint density at radius 2 is 1.38 bits per heavy atom. The number of benzene rings is 3. The Hall–Kier alpha value is -3.11. The van der Waals surface area contributed by atoms with Gasteiger partial charge >= 0.3 is 5.97 Å². The topological polar surface area (TPSA) is 66.4 Å². The Morgan fingerprint density at radius 1 is 0.846 bits per heavy atom. The molecule has 130 valence electrons. The lowest BCUT2D eigenvalue weighted by molar-refractivity contribution is -0.116. The van der Waals surface area contributed by atoms with Crippen LogP contribution in [0.1, 0.15) is 27.4 Å². The first-order valence-electron chi connectivity index (χ1n) is 8.00. The molecule has 3 aromatic carbocycles. The summed E-state index contributed by atoms with van der Waals surface area (Å²) < 4.78 is 0. The van der Waals surface area contributed by atoms with Crippen LogP contribution in [0.25, 0.3) is 0 Å². The zero-order valence-electron chi connectivity index (χ0n) is 13.7. The number of hydrogen-bond donors (Lipinski definition) is 2. The molecule has 0 radical (unpaired) electrons. The summed E-state index contributed by atoms with van der Waals surface area (Å²) in [5.74, 6) is -1.91. The molecule has 26 heavy (non-hydrogen) atoms. The van der Waals surface area contributed by atoms with Crippen molar-refractivity contribution in [2.75, 3.05) is 5.32 Å². The van der Waals surface area contributed by atoms with Gasteiger partial charge in [0.25, 0.3) is 0 Å². The van der Waals surface area contributed by atoms with Gasteiger partial charge in [-0.25, -0.2) is 4.79 Å². The van der Waals surface area contributed by atoms with Gasteiger partial charge < -0.3 is 10.4 Å². The molecule has 0 heterocycles. The van der Waals surface area contributed by atoms with Crippen LogP contribution in [0.2, 0.25) is 5.02 Å². The second-order valence-corrected chi connectivity index (χ2v) is 6.15. The Kier molecular flexibility index (Phi) is 5.34. The standard InChI is InChI=1S/C21H16ClNO3/c22-18-12-11-16(13-17(18)21(25)26)23-20(24)19(14-7-3-1-4-8-14)15-9-5-2-6-10-15/h1-13,19H,(H,23,24)(H,25,26). The number of carbonyl (C=O) groups is 2. The monoisotopic (exact) mass is 365 g/mol. The van der Waals surface area contributed by atoms with Gasteiger partial charge in [0, 0.05) is 5.69 Å². The molecule has 2 N–H and O–H groups in total. The molecule has 3 aromatic rings. The van der Waals surface area contributed by atoms with Crippen LogP contribution in [0, 0.1) is 0 Å². The van der Waals surface area contributed by atoms with Crippen LogP contribution in [0.5, 0.6) is 0 Å². The van der Waals surface area contributed by atoms with Crippen LogP contribution in [0.15, 0.2) is 78.9 Å². The molecule has 0 aliphatic rings. The first-order chi connectivity index (χ1) is 12.6. The number of amides is 1. The van der Waals surface area contributed by atoms with E-state index in [2.05, 4.69) is 5.32 Å². The van der Waals surface area contributed by atoms with Crippen LogP contribution < -0.4 is 5.32 Å². The molecular formula is C21H16ClNO3. The minimum Gasteiger partial charge on any atom is -0.478 e. The van der Waals surface area contributed by atoms with Crippen molar-refractivity contribution in [1.29, 1.82) is 0 Å². The Labute approximate surface area is 156 Å². The Morgan fingerprint density at radius 3 is 1.88 bits per heavy atom. The number of nitrogens with one attached hydrogen (secondary N) is 1. The summed E-state index contributed by atoms with van der Waals surface area (Å²) in [7, 11) is 0. The van der Waals surface area contributed by atoms with E-state index in [1.54, 1.807) is 6.07 Å². The molecule has 0 atom stereocenters. The second kappa shape index (κ2) is 7.85. The lowest BCUT2D eigenvalue weighted by atomic mass is 9.90. The number of carboxylic acid groups (broad SMARTS) is 1. The van der Waals surface area contributed by atoms with Gasteiger partial charge in [-0.2, -0.15) is 0 Å². The largest absolute Gasteiger partial charge is 0.478 e. The van der Waals surface area contributed by atoms with E-state index in [1.165, 1.54) is 12.1 Å². The first kappa shape index (κ1) is 17.7. The minimum absolute atomic E-state index is 0.0551. The van der Waals surface area contributed by atoms with Gasteiger partial charge in [-0.1, -0.05) is 72.3 Å². The van der Waals surface area contributed by atoms with Gasteiger partial charge in [0.15, 0.2) is 0 Å². The zero-order valence-corrected chi connectivity index (χ0v) is 14.5. The maximum atomic E-state index is 13.0. The molecule has 0 bridgehead atoms. The molecule has 0 aliphatic carbocycles. The Bertz CT molecular complexity index is 887. The molecule has 4 nitrogen and oxygen atoms in total. The molecule has 0 aromatic heterocycles. The van der Waals surface area contributed by atoms with Gasteiger partial charge in [0.1, 0.15) is 0 Å². The molecule has 5 heteroatoms. The molecule has 0 saturated carbocycles. The number of carboxylic acids is 1. The molecule has 0 fully saturated rings. The highest BCUT2D eigenvalue weighted by molar-refractivity contribution is 6.33. The smallest absolute Gasteiger partial charge is 0.337 e. The van der Waals surface area contributed by atoms with Crippen LogP contribution in [-0.2, 0) is 4.79 Å². The predicted octanol–water partition coefficient (Wildman–Crippen LogP) is 4.81. The number of anilines is 1. The van der Waals surface area contributed by atoms with Gasteiger partial charge in [0.2, 0.25) is 5.91 Å². The fraction of sp³-hybridized carbons (Fsp3) is 0.0476. The highest BCUT2D eigenvalue weighted by Gasteiger charge is 2.23. The summed E-state index contributed by atoms with van der Waals surface area (Å²) in [5.41, 5.74) is 2.03.